The Kier molecular flexibility index (Phi) is 6.10. The third-order valence-corrected chi connectivity index (χ3v) is 4.13. The Hall–Kier alpha value is -1.71. The topological polar surface area (TPSA) is 50.4 Å². The van der Waals surface area contributed by atoms with Crippen molar-refractivity contribution in [3.63, 3.8) is 0 Å². The molecule has 0 radical (unpaired) electrons. The minimum absolute atomic E-state index is 0.141. The zero-order chi connectivity index (χ0) is 15.9. The van der Waals surface area contributed by atoms with Crippen molar-refractivity contribution in [1.29, 1.82) is 0 Å². The molecule has 0 aromatic heterocycles. The Morgan fingerprint density at radius 1 is 1.09 bits per heavy atom. The summed E-state index contributed by atoms with van der Waals surface area (Å²) >= 11 is 0. The minimum Gasteiger partial charge on any atom is -0.471 e. The highest BCUT2D eigenvalue weighted by Crippen LogP contribution is 2.19. The largest absolute Gasteiger partial charge is 0.471 e. The summed E-state index contributed by atoms with van der Waals surface area (Å²) in [4.78, 5) is 12.0. The molecule has 122 valence electrons. The quantitative estimate of drug-likeness (QED) is 0.802. The monoisotopic (exact) mass is 304 g/mol. The van der Waals surface area contributed by atoms with Gasteiger partial charge in [-0.25, -0.2) is 4.79 Å². The van der Waals surface area contributed by atoms with Crippen LogP contribution in [0, 0.1) is 0 Å². The molecular formula is C18H28N2O2. The van der Waals surface area contributed by atoms with Crippen LogP contribution in [0.5, 0.6) is 5.75 Å². The van der Waals surface area contributed by atoms with Gasteiger partial charge in [-0.1, -0.05) is 45.2 Å². The second-order valence-corrected chi connectivity index (χ2v) is 6.44. The number of ether oxygens (including phenoxy) is 1. The molecule has 1 fully saturated rings. The number of amides is 2. The molecule has 0 heterocycles. The van der Waals surface area contributed by atoms with Crippen LogP contribution in [-0.2, 0) is 0 Å². The van der Waals surface area contributed by atoms with Gasteiger partial charge in [0.05, 0.1) is 0 Å². The molecule has 0 spiro atoms. The van der Waals surface area contributed by atoms with Gasteiger partial charge in [-0.3, -0.25) is 0 Å². The molecule has 2 N–H and O–H groups in total. The van der Waals surface area contributed by atoms with Gasteiger partial charge in [-0.05, 0) is 43.4 Å². The SMILES string of the molecule is CC(NC(=O)NC1CCCCC1)Oc1ccc(C(C)C)cc1. The van der Waals surface area contributed by atoms with Crippen LogP contribution < -0.4 is 15.4 Å². The van der Waals surface area contributed by atoms with Gasteiger partial charge in [-0.2, -0.15) is 0 Å². The van der Waals surface area contributed by atoms with Gasteiger partial charge in [-0.15, -0.1) is 0 Å². The van der Waals surface area contributed by atoms with Gasteiger partial charge in [0.25, 0.3) is 0 Å². The molecule has 1 saturated carbocycles. The fraction of sp³-hybridized carbons (Fsp3) is 0.611. The van der Waals surface area contributed by atoms with Crippen molar-refractivity contribution in [2.24, 2.45) is 0 Å². The maximum absolute atomic E-state index is 12.0. The van der Waals surface area contributed by atoms with Gasteiger partial charge < -0.3 is 15.4 Å². The third kappa shape index (κ3) is 5.24. The molecule has 2 amide bonds. The van der Waals surface area contributed by atoms with Crippen LogP contribution in [-0.4, -0.2) is 18.3 Å². The van der Waals surface area contributed by atoms with Crippen LogP contribution in [0.15, 0.2) is 24.3 Å². The highest BCUT2D eigenvalue weighted by Gasteiger charge is 2.16. The Morgan fingerprint density at radius 3 is 2.32 bits per heavy atom. The van der Waals surface area contributed by atoms with E-state index in [9.17, 15) is 4.79 Å². The van der Waals surface area contributed by atoms with Gasteiger partial charge in [0.2, 0.25) is 0 Å². The first-order valence-corrected chi connectivity index (χ1v) is 8.38. The van der Waals surface area contributed by atoms with E-state index in [4.69, 9.17) is 4.74 Å². The van der Waals surface area contributed by atoms with E-state index in [2.05, 4.69) is 36.6 Å². The van der Waals surface area contributed by atoms with Crippen LogP contribution in [0.4, 0.5) is 4.79 Å². The number of carbonyl (C=O) groups excluding carboxylic acids is 1. The van der Waals surface area contributed by atoms with Gasteiger partial charge >= 0.3 is 6.03 Å². The molecule has 0 aliphatic heterocycles. The summed E-state index contributed by atoms with van der Waals surface area (Å²) in [7, 11) is 0. The first-order chi connectivity index (χ1) is 10.5. The van der Waals surface area contributed by atoms with Crippen molar-refractivity contribution < 1.29 is 9.53 Å². The highest BCUT2D eigenvalue weighted by atomic mass is 16.5. The van der Waals surface area contributed by atoms with Crippen molar-refractivity contribution >= 4 is 6.03 Å². The molecule has 22 heavy (non-hydrogen) atoms. The molecule has 4 heteroatoms. The average Bonchev–Trinajstić information content (AvgIpc) is 2.48. The molecule has 1 unspecified atom stereocenters. The fourth-order valence-electron chi connectivity index (χ4n) is 2.82. The molecule has 2 rings (SSSR count). The van der Waals surface area contributed by atoms with Crippen LogP contribution in [0.2, 0.25) is 0 Å². The summed E-state index contributed by atoms with van der Waals surface area (Å²) in [6.45, 7) is 6.17. The predicted octanol–water partition coefficient (Wildman–Crippen LogP) is 4.17. The van der Waals surface area contributed by atoms with Gasteiger partial charge in [0.15, 0.2) is 6.23 Å². The van der Waals surface area contributed by atoms with Crippen LogP contribution in [0.1, 0.15) is 64.4 Å². The lowest BCUT2D eigenvalue weighted by molar-refractivity contribution is 0.173. The first-order valence-electron chi connectivity index (χ1n) is 8.38. The van der Waals surface area contributed by atoms with Crippen molar-refractivity contribution in [3.8, 4) is 5.75 Å². The lowest BCUT2D eigenvalue weighted by Crippen LogP contribution is -2.47. The maximum Gasteiger partial charge on any atom is 0.317 e. The predicted molar refractivity (Wildman–Crippen MR) is 89.2 cm³/mol. The Balaban J connectivity index is 1.76. The molecule has 1 aliphatic rings. The number of carbonyl (C=O) groups is 1. The second kappa shape index (κ2) is 8.06. The van der Waals surface area contributed by atoms with Crippen molar-refractivity contribution in [1.82, 2.24) is 10.6 Å². The highest BCUT2D eigenvalue weighted by molar-refractivity contribution is 5.74. The van der Waals surface area contributed by atoms with E-state index in [0.29, 0.717) is 12.0 Å². The zero-order valence-electron chi connectivity index (χ0n) is 13.9. The average molecular weight is 304 g/mol. The minimum atomic E-state index is -0.353. The van der Waals surface area contributed by atoms with Crippen LogP contribution in [0.25, 0.3) is 0 Å². The number of rotatable bonds is 5. The molecule has 4 nitrogen and oxygen atoms in total. The van der Waals surface area contributed by atoms with Gasteiger partial charge in [0, 0.05) is 6.04 Å². The summed E-state index contributed by atoms with van der Waals surface area (Å²) in [5.74, 6) is 1.28. The zero-order valence-corrected chi connectivity index (χ0v) is 13.9. The molecule has 1 aromatic rings. The molecule has 1 aliphatic carbocycles. The maximum atomic E-state index is 12.0. The normalized spacial score (nSPS) is 17.1. The molecular weight excluding hydrogens is 276 g/mol. The van der Waals surface area contributed by atoms with E-state index in [1.807, 2.05) is 19.1 Å². The van der Waals surface area contributed by atoms with Gasteiger partial charge in [0.1, 0.15) is 5.75 Å². The Bertz CT molecular complexity index is 464. The van der Waals surface area contributed by atoms with E-state index in [1.165, 1.54) is 24.8 Å². The molecule has 0 saturated heterocycles. The second-order valence-electron chi connectivity index (χ2n) is 6.44. The first kappa shape index (κ1) is 16.7. The molecule has 1 atom stereocenters. The number of benzene rings is 1. The summed E-state index contributed by atoms with van der Waals surface area (Å²) < 4.78 is 5.74. The summed E-state index contributed by atoms with van der Waals surface area (Å²) in [5.41, 5.74) is 1.28. The smallest absolute Gasteiger partial charge is 0.317 e. The van der Waals surface area contributed by atoms with Crippen LogP contribution >= 0.6 is 0 Å². The van der Waals surface area contributed by atoms with E-state index in [-0.39, 0.29) is 12.3 Å². The molecule has 1 aromatic carbocycles. The van der Waals surface area contributed by atoms with Crippen LogP contribution in [0.3, 0.4) is 0 Å². The van der Waals surface area contributed by atoms with E-state index < -0.39 is 0 Å². The Morgan fingerprint density at radius 2 is 1.73 bits per heavy atom. The van der Waals surface area contributed by atoms with E-state index >= 15 is 0 Å². The lowest BCUT2D eigenvalue weighted by atomic mass is 9.96. The van der Waals surface area contributed by atoms with Crippen molar-refractivity contribution in [2.45, 2.75) is 71.1 Å². The van der Waals surface area contributed by atoms with Crippen molar-refractivity contribution in [2.75, 3.05) is 0 Å². The van der Waals surface area contributed by atoms with E-state index in [0.717, 1.165) is 18.6 Å². The summed E-state index contributed by atoms with van der Waals surface area (Å²) in [6.07, 6.45) is 5.51. The number of hydrogen-bond donors (Lipinski definition) is 2. The number of nitrogens with one attached hydrogen (secondary N) is 2. The number of urea groups is 1. The lowest BCUT2D eigenvalue weighted by Gasteiger charge is -2.24. The third-order valence-electron chi connectivity index (χ3n) is 4.13. The summed E-state index contributed by atoms with van der Waals surface area (Å²) in [6, 6.07) is 8.20. The van der Waals surface area contributed by atoms with Crippen molar-refractivity contribution in [3.05, 3.63) is 29.8 Å². The summed E-state index contributed by atoms with van der Waals surface area (Å²) in [5, 5.41) is 5.87. The fourth-order valence-corrected chi connectivity index (χ4v) is 2.82. The standard InChI is InChI=1S/C18H28N2O2/c1-13(2)15-9-11-17(12-10-15)22-14(3)19-18(21)20-16-7-5-4-6-8-16/h9-14,16H,4-8H2,1-3H3,(H2,19,20,21). The number of hydrogen-bond acceptors (Lipinski definition) is 2. The Labute approximate surface area is 133 Å². The molecule has 0 bridgehead atoms. The van der Waals surface area contributed by atoms with E-state index in [1.54, 1.807) is 0 Å².